The van der Waals surface area contributed by atoms with Gasteiger partial charge in [-0.2, -0.15) is 0 Å². The van der Waals surface area contributed by atoms with Crippen molar-refractivity contribution in [2.24, 2.45) is 0 Å². The van der Waals surface area contributed by atoms with Gasteiger partial charge in [-0.15, -0.1) is 0 Å². The highest BCUT2D eigenvalue weighted by Crippen LogP contribution is 2.09. The molecule has 0 spiro atoms. The monoisotopic (exact) mass is 184 g/mol. The number of esters is 1. The van der Waals surface area contributed by atoms with Crippen LogP contribution in [0.4, 0.5) is 0 Å². The number of aromatic nitrogens is 2. The molecule has 1 aromatic rings. The predicted molar refractivity (Wildman–Crippen MR) is 46.6 cm³/mol. The Balaban J connectivity index is 2.82. The second-order valence-electron chi connectivity index (χ2n) is 3.66. The molecule has 0 fully saturated rings. The van der Waals surface area contributed by atoms with Gasteiger partial charge in [-0.1, -0.05) is 0 Å². The lowest BCUT2D eigenvalue weighted by Gasteiger charge is -2.18. The standard InChI is InChI=1S/C8H12N2O3/c1-8(2,3)13-7(12)5-4-9-10-6(5)11/h4H,1-3H3,(H2,9,10,11). The van der Waals surface area contributed by atoms with Crippen LogP contribution in [0.25, 0.3) is 0 Å². The molecule has 0 saturated heterocycles. The molecule has 5 nitrogen and oxygen atoms in total. The molecule has 2 N–H and O–H groups in total. The molecule has 13 heavy (non-hydrogen) atoms. The van der Waals surface area contributed by atoms with Crippen molar-refractivity contribution in [1.29, 1.82) is 0 Å². The first kappa shape index (κ1) is 9.57. The number of aromatic amines is 2. The van der Waals surface area contributed by atoms with Crippen molar-refractivity contribution < 1.29 is 9.53 Å². The number of hydrogen-bond donors (Lipinski definition) is 2. The van der Waals surface area contributed by atoms with Gasteiger partial charge >= 0.3 is 5.97 Å². The molecule has 0 bridgehead atoms. The molecular formula is C8H12N2O3. The molecule has 0 saturated carbocycles. The molecule has 0 amide bonds. The van der Waals surface area contributed by atoms with Gasteiger partial charge in [0.15, 0.2) is 0 Å². The topological polar surface area (TPSA) is 75.0 Å². The molecule has 1 aromatic heterocycles. The molecule has 72 valence electrons. The third kappa shape index (κ3) is 2.47. The summed E-state index contributed by atoms with van der Waals surface area (Å²) in [7, 11) is 0. The summed E-state index contributed by atoms with van der Waals surface area (Å²) in [4.78, 5) is 22.2. The maximum absolute atomic E-state index is 11.3. The molecule has 1 heterocycles. The van der Waals surface area contributed by atoms with Crippen LogP contribution in [0.5, 0.6) is 0 Å². The number of carbonyl (C=O) groups excluding carboxylic acids is 1. The van der Waals surface area contributed by atoms with E-state index in [4.69, 9.17) is 4.74 Å². The maximum Gasteiger partial charge on any atom is 0.345 e. The Bertz CT molecular complexity index is 356. The van der Waals surface area contributed by atoms with E-state index in [-0.39, 0.29) is 5.56 Å². The Hall–Kier alpha value is -1.52. The van der Waals surface area contributed by atoms with Crippen LogP contribution in [0.3, 0.4) is 0 Å². The smallest absolute Gasteiger partial charge is 0.345 e. The van der Waals surface area contributed by atoms with Crippen molar-refractivity contribution in [3.63, 3.8) is 0 Å². The second kappa shape index (κ2) is 3.08. The van der Waals surface area contributed by atoms with Gasteiger partial charge in [-0.3, -0.25) is 9.89 Å². The SMILES string of the molecule is CC(C)(C)OC(=O)c1c[nH][nH]c1=O. The quantitative estimate of drug-likeness (QED) is 0.629. The zero-order valence-electron chi connectivity index (χ0n) is 7.80. The summed E-state index contributed by atoms with van der Waals surface area (Å²) < 4.78 is 4.98. The molecule has 0 aliphatic rings. The minimum atomic E-state index is -0.616. The maximum atomic E-state index is 11.3. The number of carbonyl (C=O) groups is 1. The van der Waals surface area contributed by atoms with Crippen LogP contribution in [0.2, 0.25) is 0 Å². The van der Waals surface area contributed by atoms with Gasteiger partial charge in [-0.25, -0.2) is 4.79 Å². The summed E-state index contributed by atoms with van der Waals surface area (Å²) in [6, 6.07) is 0. The molecule has 0 atom stereocenters. The number of hydrogen-bond acceptors (Lipinski definition) is 3. The van der Waals surface area contributed by atoms with E-state index in [0.717, 1.165) is 0 Å². The van der Waals surface area contributed by atoms with E-state index in [2.05, 4.69) is 10.2 Å². The molecule has 1 rings (SSSR count). The minimum Gasteiger partial charge on any atom is -0.456 e. The van der Waals surface area contributed by atoms with E-state index in [1.165, 1.54) is 6.20 Å². The van der Waals surface area contributed by atoms with Crippen molar-refractivity contribution in [2.45, 2.75) is 26.4 Å². The van der Waals surface area contributed by atoms with E-state index >= 15 is 0 Å². The number of H-pyrrole nitrogens is 2. The first-order valence-corrected chi connectivity index (χ1v) is 3.89. The summed E-state index contributed by atoms with van der Waals surface area (Å²) >= 11 is 0. The third-order valence-electron chi connectivity index (χ3n) is 1.27. The summed E-state index contributed by atoms with van der Waals surface area (Å²) in [5.41, 5.74) is -1.05. The van der Waals surface area contributed by atoms with E-state index in [1.807, 2.05) is 0 Å². The highest BCUT2D eigenvalue weighted by molar-refractivity contribution is 5.88. The average Bonchev–Trinajstić information content (AvgIpc) is 2.30. The van der Waals surface area contributed by atoms with Crippen LogP contribution in [0.15, 0.2) is 11.0 Å². The van der Waals surface area contributed by atoms with Crippen molar-refractivity contribution in [3.05, 3.63) is 22.1 Å². The van der Waals surface area contributed by atoms with Crippen LogP contribution in [-0.2, 0) is 4.74 Å². The normalized spacial score (nSPS) is 11.3. The van der Waals surface area contributed by atoms with E-state index in [0.29, 0.717) is 0 Å². The fraction of sp³-hybridized carbons (Fsp3) is 0.500. The third-order valence-corrected chi connectivity index (χ3v) is 1.27. The summed E-state index contributed by atoms with van der Waals surface area (Å²) in [6.07, 6.45) is 1.29. The Kier molecular flexibility index (Phi) is 2.27. The van der Waals surface area contributed by atoms with Crippen LogP contribution in [-0.4, -0.2) is 21.8 Å². The Morgan fingerprint density at radius 1 is 1.46 bits per heavy atom. The number of rotatable bonds is 1. The summed E-state index contributed by atoms with van der Waals surface area (Å²) in [5, 5.41) is 4.68. The number of ether oxygens (including phenoxy) is 1. The van der Waals surface area contributed by atoms with Gasteiger partial charge in [-0.05, 0) is 20.8 Å². The van der Waals surface area contributed by atoms with Crippen LogP contribution >= 0.6 is 0 Å². The first-order chi connectivity index (χ1) is 5.90. The fourth-order valence-electron chi connectivity index (χ4n) is 0.791. The van der Waals surface area contributed by atoms with Crippen molar-refractivity contribution in [3.8, 4) is 0 Å². The van der Waals surface area contributed by atoms with E-state index in [1.54, 1.807) is 20.8 Å². The van der Waals surface area contributed by atoms with Crippen LogP contribution < -0.4 is 5.56 Å². The molecule has 0 radical (unpaired) electrons. The molecule has 5 heteroatoms. The average molecular weight is 184 g/mol. The van der Waals surface area contributed by atoms with Crippen molar-refractivity contribution in [2.75, 3.05) is 0 Å². The largest absolute Gasteiger partial charge is 0.456 e. The van der Waals surface area contributed by atoms with Gasteiger partial charge < -0.3 is 9.84 Å². The van der Waals surface area contributed by atoms with Crippen molar-refractivity contribution in [1.82, 2.24) is 10.2 Å². The highest BCUT2D eigenvalue weighted by Gasteiger charge is 2.20. The predicted octanol–water partition coefficient (Wildman–Crippen LogP) is 0.658. The Labute approximate surface area is 75.1 Å². The van der Waals surface area contributed by atoms with Crippen LogP contribution in [0, 0.1) is 0 Å². The van der Waals surface area contributed by atoms with Crippen molar-refractivity contribution >= 4 is 5.97 Å². The Morgan fingerprint density at radius 3 is 2.46 bits per heavy atom. The van der Waals surface area contributed by atoms with E-state index in [9.17, 15) is 9.59 Å². The second-order valence-corrected chi connectivity index (χ2v) is 3.66. The van der Waals surface area contributed by atoms with E-state index < -0.39 is 17.1 Å². The fourth-order valence-corrected chi connectivity index (χ4v) is 0.791. The molecular weight excluding hydrogens is 172 g/mol. The molecule has 0 aliphatic heterocycles. The molecule has 0 aliphatic carbocycles. The minimum absolute atomic E-state index is 0.00470. The van der Waals surface area contributed by atoms with Gasteiger partial charge in [0.1, 0.15) is 11.2 Å². The van der Waals surface area contributed by atoms with Crippen LogP contribution in [0.1, 0.15) is 31.1 Å². The lowest BCUT2D eigenvalue weighted by atomic mass is 10.2. The highest BCUT2D eigenvalue weighted by atomic mass is 16.6. The Morgan fingerprint density at radius 2 is 2.08 bits per heavy atom. The number of nitrogens with one attached hydrogen (secondary N) is 2. The summed E-state index contributed by atoms with van der Waals surface area (Å²) in [5.74, 6) is -0.616. The molecule has 0 unspecified atom stereocenters. The van der Waals surface area contributed by atoms with Gasteiger partial charge in [0.25, 0.3) is 5.56 Å². The zero-order valence-corrected chi connectivity index (χ0v) is 7.80. The lowest BCUT2D eigenvalue weighted by Crippen LogP contribution is -2.26. The van der Waals surface area contributed by atoms with Gasteiger partial charge in [0.05, 0.1) is 0 Å². The first-order valence-electron chi connectivity index (χ1n) is 3.89. The van der Waals surface area contributed by atoms with Gasteiger partial charge in [0, 0.05) is 6.20 Å². The van der Waals surface area contributed by atoms with Gasteiger partial charge in [0.2, 0.25) is 0 Å². The zero-order chi connectivity index (χ0) is 10.1. The lowest BCUT2D eigenvalue weighted by molar-refractivity contribution is 0.00682. The molecule has 0 aromatic carbocycles. The summed E-state index contributed by atoms with van der Waals surface area (Å²) in [6.45, 7) is 5.23.